The normalized spacial score (nSPS) is 11.7. The molecule has 0 saturated carbocycles. The lowest BCUT2D eigenvalue weighted by molar-refractivity contribution is 0.668. The van der Waals surface area contributed by atoms with Gasteiger partial charge in [-0.25, -0.2) is 0 Å². The first-order chi connectivity index (χ1) is 24.3. The van der Waals surface area contributed by atoms with Crippen LogP contribution >= 0.6 is 0 Å². The summed E-state index contributed by atoms with van der Waals surface area (Å²) in [6, 6.07) is 62.2. The Bertz CT molecular complexity index is 2740. The molecule has 10 aromatic rings. The summed E-state index contributed by atoms with van der Waals surface area (Å²) >= 11 is 0. The molecule has 0 bridgehead atoms. The Hall–Kier alpha value is -6.58. The number of rotatable bonds is 5. The van der Waals surface area contributed by atoms with Crippen LogP contribution in [0.3, 0.4) is 0 Å². The quantitative estimate of drug-likeness (QED) is 0.190. The number of benzene rings is 8. The lowest BCUT2D eigenvalue weighted by Crippen LogP contribution is -2.11. The van der Waals surface area contributed by atoms with Gasteiger partial charge in [0.15, 0.2) is 0 Å². The largest absolute Gasteiger partial charge is 0.456 e. The Morgan fingerprint density at radius 1 is 0.327 bits per heavy atom. The number of fused-ring (bicyclic) bond motifs is 7. The highest BCUT2D eigenvalue weighted by atomic mass is 16.3. The van der Waals surface area contributed by atoms with E-state index in [4.69, 9.17) is 8.83 Å². The van der Waals surface area contributed by atoms with E-state index in [1.165, 1.54) is 21.9 Å². The minimum atomic E-state index is 0.872. The highest BCUT2D eigenvalue weighted by Crippen LogP contribution is 2.45. The Balaban J connectivity index is 1.20. The minimum absolute atomic E-state index is 0.872. The highest BCUT2D eigenvalue weighted by Gasteiger charge is 2.20. The molecular formula is C46H29NO2. The van der Waals surface area contributed by atoms with Gasteiger partial charge >= 0.3 is 0 Å². The molecule has 0 saturated heterocycles. The number of hydrogen-bond donors (Lipinski definition) is 0. The van der Waals surface area contributed by atoms with Crippen molar-refractivity contribution in [3.05, 3.63) is 176 Å². The molecular weight excluding hydrogens is 599 g/mol. The molecule has 0 aliphatic heterocycles. The van der Waals surface area contributed by atoms with Crippen LogP contribution < -0.4 is 4.90 Å². The number of para-hydroxylation sites is 3. The number of furan rings is 2. The molecule has 0 amide bonds. The highest BCUT2D eigenvalue weighted by molar-refractivity contribution is 6.09. The molecule has 8 aromatic carbocycles. The van der Waals surface area contributed by atoms with Gasteiger partial charge in [0.2, 0.25) is 0 Å². The van der Waals surface area contributed by atoms with Crippen molar-refractivity contribution in [1.82, 2.24) is 0 Å². The van der Waals surface area contributed by atoms with Gasteiger partial charge in [0.05, 0.1) is 5.69 Å². The number of nitrogens with zero attached hydrogens (tertiary/aromatic N) is 1. The fourth-order valence-electron chi connectivity index (χ4n) is 7.38. The van der Waals surface area contributed by atoms with Crippen molar-refractivity contribution in [2.24, 2.45) is 0 Å². The molecule has 0 radical (unpaired) electrons. The molecule has 0 N–H and O–H groups in total. The molecule has 0 unspecified atom stereocenters. The van der Waals surface area contributed by atoms with Crippen molar-refractivity contribution in [1.29, 1.82) is 0 Å². The van der Waals surface area contributed by atoms with Crippen LogP contribution in [0, 0.1) is 0 Å². The first-order valence-electron chi connectivity index (χ1n) is 16.6. The van der Waals surface area contributed by atoms with Crippen LogP contribution in [0.2, 0.25) is 0 Å². The zero-order chi connectivity index (χ0) is 32.3. The summed E-state index contributed by atoms with van der Waals surface area (Å²) in [5.74, 6) is 0. The zero-order valence-electron chi connectivity index (χ0n) is 26.5. The Kier molecular flexibility index (Phi) is 6.18. The SMILES string of the molecule is c1cc(-c2ccccc2N(c2ccc3oc4ccccc4c3c2)c2ccc3oc4ccccc4c3c2)cc(-c2cccc3ccccc23)c1. The third kappa shape index (κ3) is 4.51. The van der Waals surface area contributed by atoms with Gasteiger partial charge in [0, 0.05) is 38.5 Å². The van der Waals surface area contributed by atoms with E-state index in [2.05, 4.69) is 157 Å². The molecule has 2 aromatic heterocycles. The van der Waals surface area contributed by atoms with Gasteiger partial charge in [-0.05, 0) is 88.1 Å². The van der Waals surface area contributed by atoms with E-state index in [0.29, 0.717) is 0 Å². The summed E-state index contributed by atoms with van der Waals surface area (Å²) in [6.07, 6.45) is 0. The first kappa shape index (κ1) is 27.5. The van der Waals surface area contributed by atoms with Crippen molar-refractivity contribution in [2.45, 2.75) is 0 Å². The standard InChI is InChI=1S/C46H29NO2/c1-2-15-35-30(11-1)12-10-19-36(35)31-13-9-14-32(27-31)37-16-3-6-20-42(37)47(33-23-25-45-40(28-33)38-17-4-7-21-43(38)48-45)34-24-26-46-41(29-34)39-18-5-8-22-44(39)49-46/h1-29H. The van der Waals surface area contributed by atoms with Gasteiger partial charge in [-0.1, -0.05) is 115 Å². The van der Waals surface area contributed by atoms with E-state index in [1.807, 2.05) is 24.3 Å². The van der Waals surface area contributed by atoms with E-state index >= 15 is 0 Å². The smallest absolute Gasteiger partial charge is 0.135 e. The minimum Gasteiger partial charge on any atom is -0.456 e. The molecule has 0 atom stereocenters. The lowest BCUT2D eigenvalue weighted by atomic mass is 9.94. The Morgan fingerprint density at radius 3 is 1.51 bits per heavy atom. The molecule has 230 valence electrons. The molecule has 3 heteroatoms. The van der Waals surface area contributed by atoms with Crippen LogP contribution in [0.4, 0.5) is 17.1 Å². The van der Waals surface area contributed by atoms with Crippen LogP contribution in [-0.2, 0) is 0 Å². The molecule has 0 aliphatic carbocycles. The van der Waals surface area contributed by atoms with Crippen LogP contribution in [0.5, 0.6) is 0 Å². The fourth-order valence-corrected chi connectivity index (χ4v) is 7.38. The van der Waals surface area contributed by atoms with Crippen LogP contribution in [0.15, 0.2) is 185 Å². The van der Waals surface area contributed by atoms with E-state index in [-0.39, 0.29) is 0 Å². The maximum atomic E-state index is 6.24. The van der Waals surface area contributed by atoms with Crippen molar-refractivity contribution >= 4 is 71.7 Å². The molecule has 2 heterocycles. The maximum absolute atomic E-state index is 6.24. The average Bonchev–Trinajstić information content (AvgIpc) is 3.73. The second-order valence-electron chi connectivity index (χ2n) is 12.5. The summed E-state index contributed by atoms with van der Waals surface area (Å²) in [5, 5.41) is 6.87. The molecule has 49 heavy (non-hydrogen) atoms. The van der Waals surface area contributed by atoms with Crippen LogP contribution in [0.1, 0.15) is 0 Å². The van der Waals surface area contributed by atoms with Crippen LogP contribution in [-0.4, -0.2) is 0 Å². The first-order valence-corrected chi connectivity index (χ1v) is 16.6. The predicted molar refractivity (Wildman–Crippen MR) is 204 cm³/mol. The molecule has 0 spiro atoms. The topological polar surface area (TPSA) is 29.5 Å². The summed E-state index contributed by atoms with van der Waals surface area (Å²) in [6.45, 7) is 0. The summed E-state index contributed by atoms with van der Waals surface area (Å²) < 4.78 is 12.5. The van der Waals surface area contributed by atoms with E-state index in [0.717, 1.165) is 72.1 Å². The molecule has 3 nitrogen and oxygen atoms in total. The van der Waals surface area contributed by atoms with Gasteiger partial charge in [-0.2, -0.15) is 0 Å². The van der Waals surface area contributed by atoms with E-state index in [1.54, 1.807) is 0 Å². The third-order valence-corrected chi connectivity index (χ3v) is 9.66. The third-order valence-electron chi connectivity index (χ3n) is 9.66. The number of anilines is 3. The monoisotopic (exact) mass is 627 g/mol. The van der Waals surface area contributed by atoms with Crippen LogP contribution in [0.25, 0.3) is 76.9 Å². The molecule has 0 fully saturated rings. The van der Waals surface area contributed by atoms with Gasteiger partial charge in [-0.15, -0.1) is 0 Å². The van der Waals surface area contributed by atoms with Gasteiger partial charge in [0.25, 0.3) is 0 Å². The lowest BCUT2D eigenvalue weighted by Gasteiger charge is -2.28. The van der Waals surface area contributed by atoms with Crippen molar-refractivity contribution in [3.63, 3.8) is 0 Å². The van der Waals surface area contributed by atoms with Crippen molar-refractivity contribution in [3.8, 4) is 22.3 Å². The van der Waals surface area contributed by atoms with E-state index < -0.39 is 0 Å². The van der Waals surface area contributed by atoms with Crippen molar-refractivity contribution < 1.29 is 8.83 Å². The van der Waals surface area contributed by atoms with Crippen molar-refractivity contribution in [2.75, 3.05) is 4.90 Å². The zero-order valence-corrected chi connectivity index (χ0v) is 26.5. The summed E-state index contributed by atoms with van der Waals surface area (Å²) in [5.41, 5.74) is 11.4. The average molecular weight is 628 g/mol. The Labute approximate surface area is 282 Å². The van der Waals surface area contributed by atoms with Gasteiger partial charge in [-0.3, -0.25) is 0 Å². The summed E-state index contributed by atoms with van der Waals surface area (Å²) in [4.78, 5) is 2.36. The summed E-state index contributed by atoms with van der Waals surface area (Å²) in [7, 11) is 0. The molecule has 0 aliphatic rings. The number of hydrogen-bond acceptors (Lipinski definition) is 3. The fraction of sp³-hybridized carbons (Fsp3) is 0. The second kappa shape index (κ2) is 11.0. The maximum Gasteiger partial charge on any atom is 0.135 e. The molecule has 10 rings (SSSR count). The Morgan fingerprint density at radius 2 is 0.816 bits per heavy atom. The van der Waals surface area contributed by atoms with E-state index in [9.17, 15) is 0 Å². The van der Waals surface area contributed by atoms with Gasteiger partial charge < -0.3 is 13.7 Å². The second-order valence-corrected chi connectivity index (χ2v) is 12.5. The van der Waals surface area contributed by atoms with Gasteiger partial charge in [0.1, 0.15) is 22.3 Å². The predicted octanol–water partition coefficient (Wildman–Crippen LogP) is 13.4.